The van der Waals surface area contributed by atoms with Gasteiger partial charge in [0, 0.05) is 12.6 Å². The summed E-state index contributed by atoms with van der Waals surface area (Å²) in [7, 11) is 0. The van der Waals surface area contributed by atoms with Gasteiger partial charge in [-0.1, -0.05) is 18.3 Å². The smallest absolute Gasteiger partial charge is 0.127 e. The first kappa shape index (κ1) is 12.9. The lowest BCUT2D eigenvalue weighted by Crippen LogP contribution is -2.23. The fourth-order valence-corrected chi connectivity index (χ4v) is 1.35. The van der Waals surface area contributed by atoms with Crippen molar-refractivity contribution in [3.63, 3.8) is 0 Å². The molecule has 1 atom stereocenters. The predicted octanol–water partition coefficient (Wildman–Crippen LogP) is 1.55. The number of ether oxygens (including phenoxy) is 1. The molecule has 16 heavy (non-hydrogen) atoms. The highest BCUT2D eigenvalue weighted by molar-refractivity contribution is 7.80. The number of hydrogen-bond donors (Lipinski definition) is 2. The molecule has 4 nitrogen and oxygen atoms in total. The molecule has 1 aromatic rings. The first-order chi connectivity index (χ1) is 7.63. The highest BCUT2D eigenvalue weighted by Gasteiger charge is 2.04. The van der Waals surface area contributed by atoms with E-state index < -0.39 is 0 Å². The van der Waals surface area contributed by atoms with E-state index in [9.17, 15) is 0 Å². The maximum atomic E-state index is 5.51. The summed E-state index contributed by atoms with van der Waals surface area (Å²) in [6.45, 7) is 5.37. The molecule has 1 unspecified atom stereocenters. The SMILES string of the molecule is CCOCC(C)Nc1cccc(C(N)=S)n1. The quantitative estimate of drug-likeness (QED) is 0.738. The Bertz CT molecular complexity index is 357. The number of hydrogen-bond acceptors (Lipinski definition) is 4. The molecule has 0 radical (unpaired) electrons. The summed E-state index contributed by atoms with van der Waals surface area (Å²) in [4.78, 5) is 4.59. The third-order valence-corrected chi connectivity index (χ3v) is 2.18. The molecule has 0 bridgehead atoms. The van der Waals surface area contributed by atoms with E-state index in [1.165, 1.54) is 0 Å². The minimum atomic E-state index is 0.203. The van der Waals surface area contributed by atoms with Crippen molar-refractivity contribution in [2.75, 3.05) is 18.5 Å². The lowest BCUT2D eigenvalue weighted by Gasteiger charge is -2.14. The van der Waals surface area contributed by atoms with Gasteiger partial charge in [0.05, 0.1) is 12.3 Å². The Hall–Kier alpha value is -1.20. The van der Waals surface area contributed by atoms with Gasteiger partial charge in [0.2, 0.25) is 0 Å². The lowest BCUT2D eigenvalue weighted by molar-refractivity contribution is 0.141. The van der Waals surface area contributed by atoms with Gasteiger partial charge in [-0.25, -0.2) is 4.98 Å². The molecule has 1 rings (SSSR count). The molecule has 0 saturated heterocycles. The van der Waals surface area contributed by atoms with Gasteiger partial charge in [0.1, 0.15) is 10.8 Å². The molecular formula is C11H17N3OS. The van der Waals surface area contributed by atoms with Crippen LogP contribution in [0.2, 0.25) is 0 Å². The van der Waals surface area contributed by atoms with Crippen molar-refractivity contribution >= 4 is 23.0 Å². The summed E-state index contributed by atoms with van der Waals surface area (Å²) in [5.74, 6) is 0.762. The molecular weight excluding hydrogens is 222 g/mol. The van der Waals surface area contributed by atoms with Gasteiger partial charge < -0.3 is 15.8 Å². The molecule has 88 valence electrons. The molecule has 0 aliphatic heterocycles. The third kappa shape index (κ3) is 4.12. The summed E-state index contributed by atoms with van der Waals surface area (Å²) in [6.07, 6.45) is 0. The molecule has 1 aromatic heterocycles. The number of nitrogens with one attached hydrogen (secondary N) is 1. The zero-order valence-corrected chi connectivity index (χ0v) is 10.4. The number of rotatable bonds is 6. The van der Waals surface area contributed by atoms with Crippen molar-refractivity contribution < 1.29 is 4.74 Å². The average molecular weight is 239 g/mol. The molecule has 3 N–H and O–H groups in total. The van der Waals surface area contributed by atoms with Gasteiger partial charge in [-0.3, -0.25) is 0 Å². The summed E-state index contributed by atoms with van der Waals surface area (Å²) in [5, 5.41) is 3.22. The first-order valence-corrected chi connectivity index (χ1v) is 5.65. The second-order valence-corrected chi connectivity index (χ2v) is 3.92. The molecule has 0 aromatic carbocycles. The molecule has 0 spiro atoms. The van der Waals surface area contributed by atoms with Crippen LogP contribution in [0.5, 0.6) is 0 Å². The fraction of sp³-hybridized carbons (Fsp3) is 0.455. The van der Waals surface area contributed by atoms with Gasteiger partial charge in [-0.05, 0) is 26.0 Å². The van der Waals surface area contributed by atoms with E-state index in [1.54, 1.807) is 6.07 Å². The van der Waals surface area contributed by atoms with Gasteiger partial charge in [-0.15, -0.1) is 0 Å². The van der Waals surface area contributed by atoms with Crippen LogP contribution in [-0.4, -0.2) is 29.2 Å². The van der Waals surface area contributed by atoms with E-state index >= 15 is 0 Å². The molecule has 0 fully saturated rings. The number of nitrogens with two attached hydrogens (primary N) is 1. The van der Waals surface area contributed by atoms with Crippen molar-refractivity contribution in [3.05, 3.63) is 23.9 Å². The van der Waals surface area contributed by atoms with Gasteiger partial charge >= 0.3 is 0 Å². The van der Waals surface area contributed by atoms with Gasteiger partial charge in [0.25, 0.3) is 0 Å². The van der Waals surface area contributed by atoms with Crippen LogP contribution < -0.4 is 11.1 Å². The van der Waals surface area contributed by atoms with E-state index in [4.69, 9.17) is 22.7 Å². The Morgan fingerprint density at radius 2 is 2.38 bits per heavy atom. The van der Waals surface area contributed by atoms with Crippen LogP contribution in [0.3, 0.4) is 0 Å². The van der Waals surface area contributed by atoms with Crippen LogP contribution in [0.25, 0.3) is 0 Å². The fourth-order valence-electron chi connectivity index (χ4n) is 1.24. The highest BCUT2D eigenvalue weighted by Crippen LogP contribution is 2.06. The number of aromatic nitrogens is 1. The van der Waals surface area contributed by atoms with Crippen molar-refractivity contribution in [3.8, 4) is 0 Å². The van der Waals surface area contributed by atoms with E-state index in [-0.39, 0.29) is 6.04 Å². The maximum Gasteiger partial charge on any atom is 0.127 e. The van der Waals surface area contributed by atoms with Gasteiger partial charge in [-0.2, -0.15) is 0 Å². The molecule has 1 heterocycles. The minimum absolute atomic E-state index is 0.203. The largest absolute Gasteiger partial charge is 0.388 e. The standard InChI is InChI=1S/C11H17N3OS/c1-3-15-7-8(2)13-10-6-4-5-9(14-10)11(12)16/h4-6,8H,3,7H2,1-2H3,(H2,12,16)(H,13,14). The zero-order valence-electron chi connectivity index (χ0n) is 9.56. The third-order valence-electron chi connectivity index (χ3n) is 1.97. The maximum absolute atomic E-state index is 5.51. The van der Waals surface area contributed by atoms with Crippen LogP contribution >= 0.6 is 12.2 Å². The molecule has 0 saturated carbocycles. The minimum Gasteiger partial charge on any atom is -0.388 e. The topological polar surface area (TPSA) is 60.2 Å². The van der Waals surface area contributed by atoms with Crippen LogP contribution in [0, 0.1) is 0 Å². The van der Waals surface area contributed by atoms with Crippen molar-refractivity contribution in [1.82, 2.24) is 4.98 Å². The van der Waals surface area contributed by atoms with Crippen molar-refractivity contribution in [1.29, 1.82) is 0 Å². The monoisotopic (exact) mass is 239 g/mol. The summed E-state index contributed by atoms with van der Waals surface area (Å²) in [6, 6.07) is 5.75. The Kier molecular flexibility index (Phi) is 5.14. The Balaban J connectivity index is 2.59. The van der Waals surface area contributed by atoms with E-state index in [1.807, 2.05) is 26.0 Å². The summed E-state index contributed by atoms with van der Waals surface area (Å²) >= 11 is 4.87. The average Bonchev–Trinajstić information content (AvgIpc) is 2.26. The molecule has 0 amide bonds. The van der Waals surface area contributed by atoms with Crippen LogP contribution in [-0.2, 0) is 4.74 Å². The predicted molar refractivity (Wildman–Crippen MR) is 69.7 cm³/mol. The van der Waals surface area contributed by atoms with E-state index in [0.29, 0.717) is 23.9 Å². The van der Waals surface area contributed by atoms with Crippen molar-refractivity contribution in [2.24, 2.45) is 5.73 Å². The van der Waals surface area contributed by atoms with Gasteiger partial charge in [0.15, 0.2) is 0 Å². The number of anilines is 1. The summed E-state index contributed by atoms with van der Waals surface area (Å²) < 4.78 is 5.30. The molecule has 0 aliphatic rings. The van der Waals surface area contributed by atoms with Crippen LogP contribution in [0.15, 0.2) is 18.2 Å². The lowest BCUT2D eigenvalue weighted by atomic mass is 10.3. The Morgan fingerprint density at radius 3 is 3.00 bits per heavy atom. The number of thiocarbonyl (C=S) groups is 1. The normalized spacial score (nSPS) is 12.1. The molecule has 5 heteroatoms. The van der Waals surface area contributed by atoms with Crippen LogP contribution in [0.4, 0.5) is 5.82 Å². The van der Waals surface area contributed by atoms with Crippen molar-refractivity contribution in [2.45, 2.75) is 19.9 Å². The van der Waals surface area contributed by atoms with E-state index in [0.717, 1.165) is 5.82 Å². The zero-order chi connectivity index (χ0) is 12.0. The Labute approximate surface area is 101 Å². The molecule has 0 aliphatic carbocycles. The second-order valence-electron chi connectivity index (χ2n) is 3.48. The second kappa shape index (κ2) is 6.40. The van der Waals surface area contributed by atoms with Crippen LogP contribution in [0.1, 0.15) is 19.5 Å². The summed E-state index contributed by atoms with van der Waals surface area (Å²) in [5.41, 5.74) is 6.14. The number of nitrogens with zero attached hydrogens (tertiary/aromatic N) is 1. The Morgan fingerprint density at radius 1 is 1.62 bits per heavy atom. The first-order valence-electron chi connectivity index (χ1n) is 5.24. The van der Waals surface area contributed by atoms with E-state index in [2.05, 4.69) is 10.3 Å². The number of pyridine rings is 1. The highest BCUT2D eigenvalue weighted by atomic mass is 32.1.